The van der Waals surface area contributed by atoms with Crippen molar-refractivity contribution < 1.29 is 4.79 Å². The molecule has 0 unspecified atom stereocenters. The molecule has 0 atom stereocenters. The van der Waals surface area contributed by atoms with Crippen molar-refractivity contribution in [2.24, 2.45) is 0 Å². The standard InChI is InChI=1S/C14H12BrClN2O2/c1-9-5-10(15)7-18(14(9)20)8-13(19)17-12-4-2-3-11(16)6-12/h2-7H,8H2,1H3,(H,17,19). The molecular formula is C14H12BrClN2O2. The van der Waals surface area contributed by atoms with Gasteiger partial charge < -0.3 is 9.88 Å². The number of amides is 1. The number of nitrogens with one attached hydrogen (secondary N) is 1. The van der Waals surface area contributed by atoms with Gasteiger partial charge in [-0.1, -0.05) is 17.7 Å². The molecule has 1 aromatic heterocycles. The summed E-state index contributed by atoms with van der Waals surface area (Å²) in [6.45, 7) is 1.66. The number of aryl methyl sites for hydroxylation is 1. The number of anilines is 1. The molecule has 0 spiro atoms. The molecule has 1 amide bonds. The Morgan fingerprint density at radius 2 is 2.15 bits per heavy atom. The first kappa shape index (κ1) is 14.8. The van der Waals surface area contributed by atoms with Gasteiger partial charge >= 0.3 is 0 Å². The van der Waals surface area contributed by atoms with E-state index in [-0.39, 0.29) is 18.0 Å². The normalized spacial score (nSPS) is 10.3. The van der Waals surface area contributed by atoms with Crippen molar-refractivity contribution in [3.63, 3.8) is 0 Å². The van der Waals surface area contributed by atoms with Gasteiger partial charge in [0.15, 0.2) is 0 Å². The Morgan fingerprint density at radius 3 is 2.85 bits per heavy atom. The summed E-state index contributed by atoms with van der Waals surface area (Å²) in [4.78, 5) is 23.8. The molecule has 2 rings (SSSR count). The average molecular weight is 356 g/mol. The second-order valence-corrected chi connectivity index (χ2v) is 5.69. The highest BCUT2D eigenvalue weighted by atomic mass is 79.9. The Bertz CT molecular complexity index is 713. The molecule has 104 valence electrons. The number of carbonyl (C=O) groups is 1. The number of aromatic nitrogens is 1. The summed E-state index contributed by atoms with van der Waals surface area (Å²) in [5.41, 5.74) is 0.992. The first-order chi connectivity index (χ1) is 9.45. The quantitative estimate of drug-likeness (QED) is 0.919. The van der Waals surface area contributed by atoms with E-state index in [0.29, 0.717) is 16.3 Å². The van der Waals surface area contributed by atoms with E-state index < -0.39 is 0 Å². The van der Waals surface area contributed by atoms with Gasteiger partial charge in [0, 0.05) is 26.9 Å². The van der Waals surface area contributed by atoms with Crippen LogP contribution in [0.5, 0.6) is 0 Å². The summed E-state index contributed by atoms with van der Waals surface area (Å²) in [5, 5.41) is 3.24. The van der Waals surface area contributed by atoms with Crippen molar-refractivity contribution >= 4 is 39.1 Å². The summed E-state index contributed by atoms with van der Waals surface area (Å²) >= 11 is 9.15. The number of nitrogens with zero attached hydrogens (tertiary/aromatic N) is 1. The van der Waals surface area contributed by atoms with Crippen LogP contribution in [0.4, 0.5) is 5.69 Å². The van der Waals surface area contributed by atoms with E-state index in [1.165, 1.54) is 4.57 Å². The van der Waals surface area contributed by atoms with E-state index in [2.05, 4.69) is 21.2 Å². The number of hydrogen-bond acceptors (Lipinski definition) is 2. The summed E-state index contributed by atoms with van der Waals surface area (Å²) in [6, 6.07) is 8.56. The third-order valence-corrected chi connectivity index (χ3v) is 3.32. The predicted octanol–water partition coefficient (Wildman–Crippen LogP) is 3.21. The van der Waals surface area contributed by atoms with Crippen LogP contribution in [0.1, 0.15) is 5.56 Å². The highest BCUT2D eigenvalue weighted by Gasteiger charge is 2.07. The van der Waals surface area contributed by atoms with E-state index in [4.69, 9.17) is 11.6 Å². The molecular weight excluding hydrogens is 344 g/mol. The summed E-state index contributed by atoms with van der Waals surface area (Å²) in [5.74, 6) is -0.285. The number of carbonyl (C=O) groups excluding carboxylic acids is 1. The zero-order valence-corrected chi connectivity index (χ0v) is 13.0. The highest BCUT2D eigenvalue weighted by molar-refractivity contribution is 9.10. The van der Waals surface area contributed by atoms with Crippen molar-refractivity contribution in [1.29, 1.82) is 0 Å². The van der Waals surface area contributed by atoms with Crippen molar-refractivity contribution in [1.82, 2.24) is 4.57 Å². The van der Waals surface area contributed by atoms with E-state index in [9.17, 15) is 9.59 Å². The average Bonchev–Trinajstić information content (AvgIpc) is 2.35. The molecule has 1 heterocycles. The van der Waals surface area contributed by atoms with Crippen LogP contribution < -0.4 is 10.9 Å². The van der Waals surface area contributed by atoms with Gasteiger partial charge in [0.05, 0.1) is 0 Å². The third kappa shape index (κ3) is 3.71. The van der Waals surface area contributed by atoms with Crippen LogP contribution in [-0.4, -0.2) is 10.5 Å². The molecule has 2 aromatic rings. The first-order valence-corrected chi connectivity index (χ1v) is 7.05. The maximum atomic E-state index is 11.9. The minimum absolute atomic E-state index is 0.0500. The molecule has 0 aliphatic carbocycles. The number of benzene rings is 1. The van der Waals surface area contributed by atoms with Gasteiger partial charge in [-0.05, 0) is 47.1 Å². The predicted molar refractivity (Wildman–Crippen MR) is 83.2 cm³/mol. The molecule has 0 fully saturated rings. The largest absolute Gasteiger partial charge is 0.324 e. The number of halogens is 2. The Kier molecular flexibility index (Phi) is 4.62. The van der Waals surface area contributed by atoms with Gasteiger partial charge in [-0.15, -0.1) is 0 Å². The lowest BCUT2D eigenvalue weighted by Gasteiger charge is -2.09. The van der Waals surface area contributed by atoms with Crippen molar-refractivity contribution in [2.45, 2.75) is 13.5 Å². The van der Waals surface area contributed by atoms with Gasteiger partial charge in [0.2, 0.25) is 5.91 Å². The maximum Gasteiger partial charge on any atom is 0.253 e. The third-order valence-electron chi connectivity index (χ3n) is 2.65. The summed E-state index contributed by atoms with van der Waals surface area (Å²) < 4.78 is 2.12. The van der Waals surface area contributed by atoms with Gasteiger partial charge in [0.1, 0.15) is 6.54 Å². The van der Waals surface area contributed by atoms with Crippen LogP contribution in [0.2, 0.25) is 5.02 Å². The molecule has 0 bridgehead atoms. The van der Waals surface area contributed by atoms with Crippen LogP contribution >= 0.6 is 27.5 Å². The Morgan fingerprint density at radius 1 is 1.40 bits per heavy atom. The van der Waals surface area contributed by atoms with Crippen LogP contribution in [0.3, 0.4) is 0 Å². The zero-order valence-electron chi connectivity index (χ0n) is 10.7. The molecule has 0 aliphatic heterocycles. The van der Waals surface area contributed by atoms with Crippen LogP contribution in [0, 0.1) is 6.92 Å². The second kappa shape index (κ2) is 6.24. The molecule has 0 aliphatic rings. The monoisotopic (exact) mass is 354 g/mol. The Labute approximate surface area is 129 Å². The molecule has 20 heavy (non-hydrogen) atoms. The topological polar surface area (TPSA) is 51.1 Å². The molecule has 6 heteroatoms. The van der Waals surface area contributed by atoms with Crippen molar-refractivity contribution in [3.8, 4) is 0 Å². The Hall–Kier alpha value is -1.59. The molecule has 0 saturated heterocycles. The van der Waals surface area contributed by atoms with E-state index >= 15 is 0 Å². The molecule has 1 aromatic carbocycles. The summed E-state index contributed by atoms with van der Waals surface area (Å²) in [6.07, 6.45) is 1.59. The zero-order chi connectivity index (χ0) is 14.7. The fourth-order valence-electron chi connectivity index (χ4n) is 1.78. The number of hydrogen-bond donors (Lipinski definition) is 1. The molecule has 0 radical (unpaired) electrons. The minimum Gasteiger partial charge on any atom is -0.324 e. The van der Waals surface area contributed by atoms with Crippen molar-refractivity contribution in [2.75, 3.05) is 5.32 Å². The molecule has 4 nitrogen and oxygen atoms in total. The van der Waals surface area contributed by atoms with Crippen LogP contribution in [0.15, 0.2) is 45.8 Å². The smallest absolute Gasteiger partial charge is 0.253 e. The van der Waals surface area contributed by atoms with E-state index in [1.807, 2.05) is 0 Å². The van der Waals surface area contributed by atoms with Gasteiger partial charge in [0.25, 0.3) is 5.56 Å². The fraction of sp³-hybridized carbons (Fsp3) is 0.143. The van der Waals surface area contributed by atoms with E-state index in [1.54, 1.807) is 43.5 Å². The highest BCUT2D eigenvalue weighted by Crippen LogP contribution is 2.15. The van der Waals surface area contributed by atoms with Crippen molar-refractivity contribution in [3.05, 3.63) is 61.9 Å². The van der Waals surface area contributed by atoms with E-state index in [0.717, 1.165) is 4.47 Å². The van der Waals surface area contributed by atoms with Gasteiger partial charge in [-0.2, -0.15) is 0 Å². The lowest BCUT2D eigenvalue weighted by Crippen LogP contribution is -2.28. The first-order valence-electron chi connectivity index (χ1n) is 5.88. The lowest BCUT2D eigenvalue weighted by molar-refractivity contribution is -0.116. The van der Waals surface area contributed by atoms with Crippen LogP contribution in [0.25, 0.3) is 0 Å². The fourth-order valence-corrected chi connectivity index (χ4v) is 2.56. The van der Waals surface area contributed by atoms with Gasteiger partial charge in [-0.25, -0.2) is 0 Å². The Balaban J connectivity index is 2.15. The lowest BCUT2D eigenvalue weighted by atomic mass is 10.3. The van der Waals surface area contributed by atoms with Crippen LogP contribution in [-0.2, 0) is 11.3 Å². The molecule has 1 N–H and O–H groups in total. The molecule has 0 saturated carbocycles. The number of pyridine rings is 1. The maximum absolute atomic E-state index is 11.9. The summed E-state index contributed by atoms with van der Waals surface area (Å²) in [7, 11) is 0. The van der Waals surface area contributed by atoms with Gasteiger partial charge in [-0.3, -0.25) is 9.59 Å². The second-order valence-electron chi connectivity index (χ2n) is 4.33. The minimum atomic E-state index is -0.285. The SMILES string of the molecule is Cc1cc(Br)cn(CC(=O)Nc2cccc(Cl)c2)c1=O. The number of rotatable bonds is 3.